The van der Waals surface area contributed by atoms with Crippen LogP contribution in [0.1, 0.15) is 72.0 Å². The van der Waals surface area contributed by atoms with Crippen LogP contribution in [0.4, 0.5) is 10.3 Å². The van der Waals surface area contributed by atoms with Crippen LogP contribution in [0.25, 0.3) is 0 Å². The summed E-state index contributed by atoms with van der Waals surface area (Å²) < 4.78 is 0. The number of hydrogen-bond acceptors (Lipinski definition) is 10. The van der Waals surface area contributed by atoms with Crippen LogP contribution in [0.2, 0.25) is 0 Å². The van der Waals surface area contributed by atoms with Crippen LogP contribution in [0.15, 0.2) is 49.1 Å². The van der Waals surface area contributed by atoms with Gasteiger partial charge < -0.3 is 10.6 Å². The van der Waals surface area contributed by atoms with E-state index in [2.05, 4.69) is 41.0 Å². The van der Waals surface area contributed by atoms with E-state index in [1.54, 1.807) is 24.8 Å². The molecule has 1 aliphatic carbocycles. The molecule has 38 heavy (non-hydrogen) atoms. The molecule has 12 heteroatoms. The van der Waals surface area contributed by atoms with E-state index in [0.29, 0.717) is 22.1 Å². The summed E-state index contributed by atoms with van der Waals surface area (Å²) in [7, 11) is 0. The maximum absolute atomic E-state index is 12.6. The second kappa shape index (κ2) is 11.8. The molecule has 4 heterocycles. The fourth-order valence-electron chi connectivity index (χ4n) is 4.56. The van der Waals surface area contributed by atoms with Crippen molar-refractivity contribution in [2.24, 2.45) is 5.92 Å². The Morgan fingerprint density at radius 2 is 1.47 bits per heavy atom. The summed E-state index contributed by atoms with van der Waals surface area (Å²) in [5, 5.41) is 25.7. The first-order valence-electron chi connectivity index (χ1n) is 12.5. The van der Waals surface area contributed by atoms with Crippen LogP contribution in [0.3, 0.4) is 0 Å². The quantitative estimate of drug-likeness (QED) is 0.305. The summed E-state index contributed by atoms with van der Waals surface area (Å²) in [6.07, 6.45) is 10.6. The first kappa shape index (κ1) is 26.0. The van der Waals surface area contributed by atoms with E-state index in [9.17, 15) is 9.59 Å². The molecule has 4 aromatic rings. The van der Waals surface area contributed by atoms with Gasteiger partial charge in [0.25, 0.3) is 0 Å². The Bertz CT molecular complexity index is 1380. The van der Waals surface area contributed by atoms with Crippen molar-refractivity contribution >= 4 is 44.8 Å². The van der Waals surface area contributed by atoms with Gasteiger partial charge in [-0.3, -0.25) is 19.6 Å². The van der Waals surface area contributed by atoms with Crippen molar-refractivity contribution < 1.29 is 9.59 Å². The van der Waals surface area contributed by atoms with Crippen molar-refractivity contribution in [3.63, 3.8) is 0 Å². The third-order valence-electron chi connectivity index (χ3n) is 6.88. The van der Waals surface area contributed by atoms with E-state index in [1.807, 2.05) is 38.1 Å². The monoisotopic (exact) mass is 548 g/mol. The van der Waals surface area contributed by atoms with Gasteiger partial charge in [0.2, 0.25) is 22.1 Å². The lowest BCUT2D eigenvalue weighted by molar-refractivity contribution is -0.118. The molecule has 1 aliphatic rings. The first-order valence-corrected chi connectivity index (χ1v) is 14.2. The summed E-state index contributed by atoms with van der Waals surface area (Å²) in [5.74, 6) is -0.141. The maximum atomic E-state index is 12.6. The van der Waals surface area contributed by atoms with Gasteiger partial charge in [-0.15, -0.1) is 20.4 Å². The minimum Gasteiger partial charge on any atom is -0.300 e. The Morgan fingerprint density at radius 1 is 0.868 bits per heavy atom. The lowest BCUT2D eigenvalue weighted by Gasteiger charge is -2.10. The summed E-state index contributed by atoms with van der Waals surface area (Å²) >= 11 is 2.87. The van der Waals surface area contributed by atoms with Crippen LogP contribution < -0.4 is 10.6 Å². The number of carbonyl (C=O) groups is 2. The third kappa shape index (κ3) is 6.25. The number of hydrogen-bond donors (Lipinski definition) is 2. The first-order chi connectivity index (χ1) is 18.5. The topological polar surface area (TPSA) is 136 Å². The van der Waals surface area contributed by atoms with Gasteiger partial charge in [-0.2, -0.15) is 0 Å². The fraction of sp³-hybridized carbons (Fsp3) is 0.385. The minimum absolute atomic E-state index is 0.126. The van der Waals surface area contributed by atoms with Crippen LogP contribution in [0, 0.1) is 5.92 Å². The predicted molar refractivity (Wildman–Crippen MR) is 146 cm³/mol. The molecule has 0 unspecified atom stereocenters. The SMILES string of the molecule is C[C@H](C(=O)Nc1nnc(C[C@@H]2CC[C@H](c3nnc(NC(=O)[C@H](C)c4cccnc4)s3)C2)s1)c1cccnc1. The summed E-state index contributed by atoms with van der Waals surface area (Å²) in [6.45, 7) is 3.69. The molecule has 0 radical (unpaired) electrons. The molecule has 0 aliphatic heterocycles. The van der Waals surface area contributed by atoms with Crippen LogP contribution in [0.5, 0.6) is 0 Å². The maximum Gasteiger partial charge on any atom is 0.233 e. The van der Waals surface area contributed by atoms with Gasteiger partial charge >= 0.3 is 0 Å². The van der Waals surface area contributed by atoms with Gasteiger partial charge in [-0.25, -0.2) is 0 Å². The lowest BCUT2D eigenvalue weighted by Crippen LogP contribution is -2.18. The van der Waals surface area contributed by atoms with Crippen molar-refractivity contribution in [3.05, 3.63) is 70.2 Å². The molecule has 4 atom stereocenters. The van der Waals surface area contributed by atoms with Crippen molar-refractivity contribution in [3.8, 4) is 0 Å². The molecule has 0 spiro atoms. The van der Waals surface area contributed by atoms with E-state index in [4.69, 9.17) is 0 Å². The highest BCUT2D eigenvalue weighted by Crippen LogP contribution is 2.41. The number of pyridine rings is 2. The molecule has 196 valence electrons. The number of nitrogens with zero attached hydrogens (tertiary/aromatic N) is 6. The highest BCUT2D eigenvalue weighted by atomic mass is 32.1. The Balaban J connectivity index is 1.11. The van der Waals surface area contributed by atoms with E-state index in [1.165, 1.54) is 22.7 Å². The predicted octanol–water partition coefficient (Wildman–Crippen LogP) is 4.79. The zero-order valence-electron chi connectivity index (χ0n) is 21.1. The van der Waals surface area contributed by atoms with Crippen molar-refractivity contribution in [1.82, 2.24) is 30.4 Å². The van der Waals surface area contributed by atoms with Gasteiger partial charge in [0, 0.05) is 37.1 Å². The fourth-order valence-corrected chi connectivity index (χ4v) is 6.31. The lowest BCUT2D eigenvalue weighted by atomic mass is 10.0. The molecule has 0 saturated heterocycles. The molecule has 1 fully saturated rings. The summed E-state index contributed by atoms with van der Waals surface area (Å²) in [4.78, 5) is 33.4. The normalized spacial score (nSPS) is 18.6. The van der Waals surface area contributed by atoms with Crippen LogP contribution in [-0.2, 0) is 16.0 Å². The van der Waals surface area contributed by atoms with E-state index < -0.39 is 0 Å². The van der Waals surface area contributed by atoms with Gasteiger partial charge in [-0.05, 0) is 62.3 Å². The van der Waals surface area contributed by atoms with Gasteiger partial charge in [-0.1, -0.05) is 34.8 Å². The van der Waals surface area contributed by atoms with Crippen LogP contribution >= 0.6 is 22.7 Å². The molecule has 5 rings (SSSR count). The zero-order chi connectivity index (χ0) is 26.5. The Labute approximate surface area is 228 Å². The van der Waals surface area contributed by atoms with Gasteiger partial charge in [0.1, 0.15) is 10.0 Å². The second-order valence-corrected chi connectivity index (χ2v) is 11.6. The average Bonchev–Trinajstić information content (AvgIpc) is 3.71. The number of aromatic nitrogens is 6. The molecule has 0 bridgehead atoms. The molecule has 4 aromatic heterocycles. The molecule has 0 aromatic carbocycles. The van der Waals surface area contributed by atoms with Gasteiger partial charge in [0.05, 0.1) is 11.8 Å². The smallest absolute Gasteiger partial charge is 0.233 e. The van der Waals surface area contributed by atoms with E-state index in [-0.39, 0.29) is 23.7 Å². The standard InChI is InChI=1S/C26H28N8O2S2/c1-15(19-5-3-9-27-13-19)22(35)29-25-33-31-21(37-25)12-17-7-8-18(11-17)24-32-34-26(38-24)30-23(36)16(2)20-6-4-10-28-14-20/h3-6,9-10,13-18H,7-8,11-12H2,1-2H3,(H,29,33,35)(H,30,34,36)/t15-,16+,17+,18-/m0/s1. The molecule has 2 N–H and O–H groups in total. The Morgan fingerprint density at radius 3 is 2.08 bits per heavy atom. The Hall–Kier alpha value is -3.64. The number of anilines is 2. The Kier molecular flexibility index (Phi) is 8.08. The zero-order valence-corrected chi connectivity index (χ0v) is 22.7. The molecule has 1 saturated carbocycles. The van der Waals surface area contributed by atoms with Gasteiger partial charge in [0.15, 0.2) is 0 Å². The molecular formula is C26H28N8O2S2. The summed E-state index contributed by atoms with van der Waals surface area (Å²) in [6, 6.07) is 7.41. The average molecular weight is 549 g/mol. The number of amides is 2. The highest BCUT2D eigenvalue weighted by Gasteiger charge is 2.30. The number of rotatable bonds is 9. The molecule has 2 amide bonds. The minimum atomic E-state index is -0.327. The van der Waals surface area contributed by atoms with Crippen LogP contribution in [-0.4, -0.2) is 42.2 Å². The number of nitrogens with one attached hydrogen (secondary N) is 2. The van der Waals surface area contributed by atoms with Crippen molar-refractivity contribution in [2.45, 2.75) is 57.3 Å². The van der Waals surface area contributed by atoms with Crippen molar-refractivity contribution in [2.75, 3.05) is 10.6 Å². The van der Waals surface area contributed by atoms with E-state index in [0.717, 1.165) is 46.8 Å². The number of carbonyl (C=O) groups excluding carboxylic acids is 2. The van der Waals surface area contributed by atoms with Crippen molar-refractivity contribution in [1.29, 1.82) is 0 Å². The largest absolute Gasteiger partial charge is 0.300 e. The molecule has 10 nitrogen and oxygen atoms in total. The molecular weight excluding hydrogens is 520 g/mol. The van der Waals surface area contributed by atoms with E-state index >= 15 is 0 Å². The third-order valence-corrected chi connectivity index (χ3v) is 8.74. The second-order valence-electron chi connectivity index (χ2n) is 9.52. The highest BCUT2D eigenvalue weighted by molar-refractivity contribution is 7.15. The summed E-state index contributed by atoms with van der Waals surface area (Å²) in [5.41, 5.74) is 1.71.